The van der Waals surface area contributed by atoms with E-state index < -0.39 is 0 Å². The van der Waals surface area contributed by atoms with Crippen molar-refractivity contribution in [1.29, 1.82) is 0 Å². The number of rotatable bonds is 6. The van der Waals surface area contributed by atoms with Crippen LogP contribution in [0.15, 0.2) is 0 Å². The molecule has 0 aliphatic carbocycles. The van der Waals surface area contributed by atoms with Crippen molar-refractivity contribution in [2.45, 2.75) is 38.4 Å². The maximum Gasteiger partial charge on any atom is 0.336 e. The first-order valence-electron chi connectivity index (χ1n) is 6.12. The number of unbranched alkanes of at least 4 members (excludes halogenated alkanes) is 1. The molecule has 98 valence electrons. The summed E-state index contributed by atoms with van der Waals surface area (Å²) >= 11 is 1.63. The summed E-state index contributed by atoms with van der Waals surface area (Å²) in [5.74, 6) is 0.889. The third-order valence-electron chi connectivity index (χ3n) is 2.56. The quantitative estimate of drug-likeness (QED) is 0.708. The predicted molar refractivity (Wildman–Crippen MR) is 69.7 cm³/mol. The van der Waals surface area contributed by atoms with Crippen molar-refractivity contribution in [3.05, 3.63) is 0 Å². The minimum absolute atomic E-state index is 0.0943. The molecule has 0 aromatic heterocycles. The molecule has 1 rings (SSSR count). The van der Waals surface area contributed by atoms with Crippen molar-refractivity contribution in [3.8, 4) is 0 Å². The van der Waals surface area contributed by atoms with E-state index in [2.05, 4.69) is 17.7 Å². The second kappa shape index (κ2) is 7.42. The molecule has 1 atom stereocenters. The Bertz CT molecular complexity index is 273. The van der Waals surface area contributed by atoms with Crippen molar-refractivity contribution in [1.82, 2.24) is 15.8 Å². The van der Waals surface area contributed by atoms with E-state index in [0.29, 0.717) is 13.1 Å². The molecule has 6 heteroatoms. The number of carbonyl (C=O) groups is 2. The lowest BCUT2D eigenvalue weighted by Gasteiger charge is -2.28. The Kier molecular flexibility index (Phi) is 6.18. The van der Waals surface area contributed by atoms with Gasteiger partial charge in [-0.3, -0.25) is 10.2 Å². The minimum atomic E-state index is -0.213. The van der Waals surface area contributed by atoms with E-state index in [0.717, 1.165) is 25.0 Å². The third kappa shape index (κ3) is 4.85. The monoisotopic (exact) mass is 259 g/mol. The van der Waals surface area contributed by atoms with E-state index >= 15 is 0 Å². The Hall–Kier alpha value is -0.910. The van der Waals surface area contributed by atoms with Gasteiger partial charge in [-0.15, -0.1) is 11.8 Å². The van der Waals surface area contributed by atoms with Crippen LogP contribution in [-0.4, -0.2) is 41.0 Å². The highest BCUT2D eigenvalue weighted by molar-refractivity contribution is 8.00. The molecular weight excluding hydrogens is 238 g/mol. The van der Waals surface area contributed by atoms with E-state index in [-0.39, 0.29) is 17.2 Å². The highest BCUT2D eigenvalue weighted by Crippen LogP contribution is 2.13. The van der Waals surface area contributed by atoms with Crippen LogP contribution in [0.4, 0.5) is 4.79 Å². The van der Waals surface area contributed by atoms with Gasteiger partial charge < -0.3 is 5.32 Å². The van der Waals surface area contributed by atoms with Crippen molar-refractivity contribution in [3.63, 3.8) is 0 Å². The highest BCUT2D eigenvalue weighted by atomic mass is 32.2. The molecular formula is C11H21N3O2S. The summed E-state index contributed by atoms with van der Waals surface area (Å²) in [6, 6.07) is -0.213. The summed E-state index contributed by atoms with van der Waals surface area (Å²) in [6.45, 7) is 5.27. The van der Waals surface area contributed by atoms with Gasteiger partial charge in [0.2, 0.25) is 0 Å². The molecule has 0 saturated carbocycles. The number of hydrazine groups is 1. The van der Waals surface area contributed by atoms with Crippen molar-refractivity contribution in [2.24, 2.45) is 0 Å². The molecule has 17 heavy (non-hydrogen) atoms. The number of urea groups is 1. The van der Waals surface area contributed by atoms with Crippen molar-refractivity contribution in [2.75, 3.05) is 18.8 Å². The van der Waals surface area contributed by atoms with Gasteiger partial charge in [-0.2, -0.15) is 0 Å². The van der Waals surface area contributed by atoms with Gasteiger partial charge in [0.05, 0.1) is 5.25 Å². The molecule has 0 bridgehead atoms. The van der Waals surface area contributed by atoms with Gasteiger partial charge in [0.15, 0.2) is 0 Å². The third-order valence-corrected chi connectivity index (χ3v) is 3.80. The molecule has 0 aromatic carbocycles. The number of nitrogens with zero attached hydrogens (tertiary/aromatic N) is 1. The lowest BCUT2D eigenvalue weighted by molar-refractivity contribution is -0.124. The molecule has 0 radical (unpaired) electrons. The standard InChI is InChI=1S/C11H21N3O2S/c1-3-4-8-17-9(2)10(15)13-14-7-5-6-12-11(14)16/h9H,3-8H2,1-2H3,(H,12,16)(H,13,15). The maximum absolute atomic E-state index is 11.8. The molecule has 0 spiro atoms. The molecule has 1 saturated heterocycles. The van der Waals surface area contributed by atoms with Crippen LogP contribution in [0.25, 0.3) is 0 Å². The Morgan fingerprint density at radius 2 is 2.41 bits per heavy atom. The van der Waals surface area contributed by atoms with E-state index in [9.17, 15) is 9.59 Å². The Morgan fingerprint density at radius 3 is 3.06 bits per heavy atom. The van der Waals surface area contributed by atoms with Crippen molar-refractivity contribution >= 4 is 23.7 Å². The fourth-order valence-electron chi connectivity index (χ4n) is 1.44. The zero-order valence-corrected chi connectivity index (χ0v) is 11.3. The van der Waals surface area contributed by atoms with Crippen LogP contribution < -0.4 is 10.7 Å². The number of hydrogen-bond donors (Lipinski definition) is 2. The predicted octanol–water partition coefficient (Wildman–Crippen LogP) is 1.35. The summed E-state index contributed by atoms with van der Waals surface area (Å²) in [4.78, 5) is 23.2. The number of carbonyl (C=O) groups excluding carboxylic acids is 2. The summed E-state index contributed by atoms with van der Waals surface area (Å²) in [5, 5.41) is 3.94. The highest BCUT2D eigenvalue weighted by Gasteiger charge is 2.22. The van der Waals surface area contributed by atoms with Crippen LogP contribution in [0.3, 0.4) is 0 Å². The number of amides is 3. The number of hydrogen-bond acceptors (Lipinski definition) is 3. The largest absolute Gasteiger partial charge is 0.336 e. The molecule has 0 aromatic rings. The van der Waals surface area contributed by atoms with Gasteiger partial charge in [-0.05, 0) is 25.5 Å². The average Bonchev–Trinajstić information content (AvgIpc) is 2.32. The molecule has 2 N–H and O–H groups in total. The summed E-state index contributed by atoms with van der Waals surface area (Å²) in [6.07, 6.45) is 3.12. The van der Waals surface area contributed by atoms with E-state index in [4.69, 9.17) is 0 Å². The first-order chi connectivity index (χ1) is 8.15. The summed E-state index contributed by atoms with van der Waals surface area (Å²) < 4.78 is 0. The second-order valence-electron chi connectivity index (χ2n) is 4.08. The van der Waals surface area contributed by atoms with E-state index in [1.165, 1.54) is 5.01 Å². The Labute approximate surface area is 107 Å². The van der Waals surface area contributed by atoms with Gasteiger partial charge >= 0.3 is 6.03 Å². The van der Waals surface area contributed by atoms with Crippen LogP contribution in [0.2, 0.25) is 0 Å². The fraction of sp³-hybridized carbons (Fsp3) is 0.818. The zero-order valence-electron chi connectivity index (χ0n) is 10.5. The van der Waals surface area contributed by atoms with Gasteiger partial charge in [-0.1, -0.05) is 13.3 Å². The molecule has 1 unspecified atom stereocenters. The molecule has 1 fully saturated rings. The first-order valence-corrected chi connectivity index (χ1v) is 7.17. The Morgan fingerprint density at radius 1 is 1.65 bits per heavy atom. The van der Waals surface area contributed by atoms with Gasteiger partial charge in [0, 0.05) is 13.1 Å². The lowest BCUT2D eigenvalue weighted by Crippen LogP contribution is -2.56. The van der Waals surface area contributed by atoms with Crippen LogP contribution in [0, 0.1) is 0 Å². The van der Waals surface area contributed by atoms with Crippen molar-refractivity contribution < 1.29 is 9.59 Å². The fourth-order valence-corrected chi connectivity index (χ4v) is 2.45. The van der Waals surface area contributed by atoms with Crippen LogP contribution >= 0.6 is 11.8 Å². The summed E-state index contributed by atoms with van der Waals surface area (Å²) in [5.41, 5.74) is 2.66. The molecule has 5 nitrogen and oxygen atoms in total. The molecule has 1 aliphatic heterocycles. The zero-order chi connectivity index (χ0) is 12.7. The first kappa shape index (κ1) is 14.2. The molecule has 1 heterocycles. The average molecular weight is 259 g/mol. The Balaban J connectivity index is 2.29. The van der Waals surface area contributed by atoms with Crippen LogP contribution in [0.1, 0.15) is 33.1 Å². The second-order valence-corrected chi connectivity index (χ2v) is 5.53. The topological polar surface area (TPSA) is 61.4 Å². The maximum atomic E-state index is 11.8. The molecule has 1 aliphatic rings. The number of thioether (sulfide) groups is 1. The normalized spacial score (nSPS) is 17.5. The van der Waals surface area contributed by atoms with Crippen LogP contribution in [-0.2, 0) is 4.79 Å². The smallest absolute Gasteiger partial charge is 0.336 e. The van der Waals surface area contributed by atoms with Crippen LogP contribution in [0.5, 0.6) is 0 Å². The van der Waals surface area contributed by atoms with Gasteiger partial charge in [-0.25, -0.2) is 9.80 Å². The SMILES string of the molecule is CCCCSC(C)C(=O)NN1CCCNC1=O. The van der Waals surface area contributed by atoms with E-state index in [1.807, 2.05) is 6.92 Å². The lowest BCUT2D eigenvalue weighted by atomic mass is 10.3. The number of nitrogens with one attached hydrogen (secondary N) is 2. The minimum Gasteiger partial charge on any atom is -0.336 e. The van der Waals surface area contributed by atoms with Gasteiger partial charge in [0.25, 0.3) is 5.91 Å². The molecule has 3 amide bonds. The van der Waals surface area contributed by atoms with Gasteiger partial charge in [0.1, 0.15) is 0 Å². The van der Waals surface area contributed by atoms with E-state index in [1.54, 1.807) is 11.8 Å². The summed E-state index contributed by atoms with van der Waals surface area (Å²) in [7, 11) is 0.